The monoisotopic (exact) mass is 274 g/mol. The molecule has 6 nitrogen and oxygen atoms in total. The number of carboxylic acids is 1. The zero-order valence-corrected chi connectivity index (χ0v) is 11.2. The quantitative estimate of drug-likeness (QED) is 0.921. The van der Waals surface area contributed by atoms with Gasteiger partial charge in [0.2, 0.25) is 0 Å². The van der Waals surface area contributed by atoms with Crippen LogP contribution in [0.4, 0.5) is 0 Å². The van der Waals surface area contributed by atoms with E-state index in [4.69, 9.17) is 9.52 Å². The molecule has 1 N–H and O–H groups in total. The van der Waals surface area contributed by atoms with Crippen molar-refractivity contribution in [2.75, 3.05) is 7.05 Å². The summed E-state index contributed by atoms with van der Waals surface area (Å²) < 4.78 is 5.39. The van der Waals surface area contributed by atoms with Crippen LogP contribution in [0.15, 0.2) is 34.7 Å². The highest BCUT2D eigenvalue weighted by molar-refractivity contribution is 5.94. The zero-order chi connectivity index (χ0) is 14.7. The number of pyridine rings is 1. The fraction of sp³-hybridized carbons (Fsp3) is 0.214. The Kier molecular flexibility index (Phi) is 3.84. The highest BCUT2D eigenvalue weighted by Gasteiger charge is 2.16. The predicted molar refractivity (Wildman–Crippen MR) is 70.4 cm³/mol. The van der Waals surface area contributed by atoms with Gasteiger partial charge in [0.1, 0.15) is 22.9 Å². The van der Waals surface area contributed by atoms with Crippen molar-refractivity contribution in [3.05, 3.63) is 53.2 Å². The number of amides is 1. The molecule has 0 aliphatic heterocycles. The Labute approximate surface area is 115 Å². The zero-order valence-electron chi connectivity index (χ0n) is 11.2. The van der Waals surface area contributed by atoms with Crippen molar-refractivity contribution < 1.29 is 19.1 Å². The first-order valence-corrected chi connectivity index (χ1v) is 5.98. The van der Waals surface area contributed by atoms with Gasteiger partial charge in [-0.15, -0.1) is 0 Å². The minimum absolute atomic E-state index is 0.0932. The minimum Gasteiger partial charge on any atom is -0.477 e. The second kappa shape index (κ2) is 5.56. The van der Waals surface area contributed by atoms with Gasteiger partial charge in [0.15, 0.2) is 0 Å². The summed E-state index contributed by atoms with van der Waals surface area (Å²) in [5, 5.41) is 8.87. The summed E-state index contributed by atoms with van der Waals surface area (Å²) in [4.78, 5) is 28.2. The van der Waals surface area contributed by atoms with Gasteiger partial charge in [-0.2, -0.15) is 0 Å². The van der Waals surface area contributed by atoms with Gasteiger partial charge >= 0.3 is 5.97 Å². The van der Waals surface area contributed by atoms with Crippen molar-refractivity contribution in [3.63, 3.8) is 0 Å². The minimum atomic E-state index is -1.16. The molecule has 0 bridgehead atoms. The lowest BCUT2D eigenvalue weighted by molar-refractivity contribution is 0.0690. The van der Waals surface area contributed by atoms with Crippen LogP contribution in [-0.4, -0.2) is 33.9 Å². The van der Waals surface area contributed by atoms with Crippen LogP contribution < -0.4 is 0 Å². The highest BCUT2D eigenvalue weighted by atomic mass is 16.4. The van der Waals surface area contributed by atoms with Gasteiger partial charge in [-0.25, -0.2) is 9.78 Å². The molecule has 2 heterocycles. The van der Waals surface area contributed by atoms with E-state index in [0.29, 0.717) is 12.3 Å². The van der Waals surface area contributed by atoms with E-state index in [-0.39, 0.29) is 17.3 Å². The second-order valence-electron chi connectivity index (χ2n) is 4.39. The Morgan fingerprint density at radius 2 is 1.95 bits per heavy atom. The number of aromatic carboxylic acids is 1. The summed E-state index contributed by atoms with van der Waals surface area (Å²) in [6.07, 6.45) is 0. The predicted octanol–water partition coefficient (Wildman–Crippen LogP) is 1.95. The third-order valence-electron chi connectivity index (χ3n) is 2.72. The van der Waals surface area contributed by atoms with E-state index in [1.807, 2.05) is 13.0 Å². The van der Waals surface area contributed by atoms with Gasteiger partial charge in [0.25, 0.3) is 5.91 Å². The van der Waals surface area contributed by atoms with E-state index in [1.165, 1.54) is 23.1 Å². The number of carbonyl (C=O) groups excluding carboxylic acids is 1. The number of carbonyl (C=O) groups is 2. The topological polar surface area (TPSA) is 83.6 Å². The van der Waals surface area contributed by atoms with E-state index in [9.17, 15) is 9.59 Å². The van der Waals surface area contributed by atoms with Gasteiger partial charge in [-0.3, -0.25) is 4.79 Å². The largest absolute Gasteiger partial charge is 0.477 e. The first kappa shape index (κ1) is 13.8. The molecule has 2 aromatic rings. The third kappa shape index (κ3) is 3.03. The van der Waals surface area contributed by atoms with E-state index >= 15 is 0 Å². The average Bonchev–Trinajstić information content (AvgIpc) is 2.83. The summed E-state index contributed by atoms with van der Waals surface area (Å²) in [7, 11) is 1.61. The van der Waals surface area contributed by atoms with Crippen molar-refractivity contribution in [3.8, 4) is 0 Å². The lowest BCUT2D eigenvalue weighted by Gasteiger charge is -2.15. The molecule has 0 spiro atoms. The van der Waals surface area contributed by atoms with Crippen LogP contribution in [0.2, 0.25) is 0 Å². The molecule has 6 heteroatoms. The molecule has 20 heavy (non-hydrogen) atoms. The van der Waals surface area contributed by atoms with Crippen LogP contribution in [0.3, 0.4) is 0 Å². The molecule has 0 aliphatic rings. The second-order valence-corrected chi connectivity index (χ2v) is 4.39. The highest BCUT2D eigenvalue weighted by Crippen LogP contribution is 2.11. The molecule has 1 amide bonds. The van der Waals surface area contributed by atoms with Crippen LogP contribution in [0.1, 0.15) is 32.5 Å². The number of aryl methyl sites for hydroxylation is 1. The fourth-order valence-electron chi connectivity index (χ4n) is 1.74. The molecule has 2 rings (SSSR count). The summed E-state index contributed by atoms with van der Waals surface area (Å²) >= 11 is 0. The lowest BCUT2D eigenvalue weighted by atomic mass is 10.2. The van der Waals surface area contributed by atoms with E-state index < -0.39 is 5.97 Å². The molecular weight excluding hydrogens is 260 g/mol. The van der Waals surface area contributed by atoms with Gasteiger partial charge in [0.05, 0.1) is 6.54 Å². The Morgan fingerprint density at radius 3 is 2.55 bits per heavy atom. The Hall–Kier alpha value is -2.63. The number of aromatic nitrogens is 1. The van der Waals surface area contributed by atoms with Crippen molar-refractivity contribution >= 4 is 11.9 Å². The van der Waals surface area contributed by atoms with Crippen LogP contribution in [0.5, 0.6) is 0 Å². The van der Waals surface area contributed by atoms with Crippen LogP contribution in [-0.2, 0) is 6.54 Å². The molecule has 0 aliphatic carbocycles. The first-order chi connectivity index (χ1) is 9.47. The summed E-state index contributed by atoms with van der Waals surface area (Å²) in [5.41, 5.74) is -0.0613. The Morgan fingerprint density at radius 1 is 1.25 bits per heavy atom. The standard InChI is InChI=1S/C14H14N2O4/c1-9-6-7-10(20-9)8-16(2)13(17)11-4-3-5-12(15-11)14(18)19/h3-7H,8H2,1-2H3,(H,18,19). The van der Waals surface area contributed by atoms with Crippen molar-refractivity contribution in [2.45, 2.75) is 13.5 Å². The molecule has 0 saturated heterocycles. The molecule has 0 fully saturated rings. The summed E-state index contributed by atoms with van der Waals surface area (Å²) in [6, 6.07) is 7.93. The molecule has 0 aromatic carbocycles. The Bertz CT molecular complexity index is 648. The molecule has 2 aromatic heterocycles. The molecule has 0 unspecified atom stereocenters. The molecule has 104 valence electrons. The number of carboxylic acid groups (broad SMARTS) is 1. The molecule has 0 radical (unpaired) electrons. The van der Waals surface area contributed by atoms with E-state index in [1.54, 1.807) is 13.1 Å². The number of hydrogen-bond acceptors (Lipinski definition) is 4. The van der Waals surface area contributed by atoms with E-state index in [0.717, 1.165) is 5.76 Å². The maximum Gasteiger partial charge on any atom is 0.354 e. The maximum absolute atomic E-state index is 12.2. The smallest absolute Gasteiger partial charge is 0.354 e. The number of furan rings is 1. The van der Waals surface area contributed by atoms with Crippen LogP contribution >= 0.6 is 0 Å². The average molecular weight is 274 g/mol. The Balaban J connectivity index is 2.14. The third-order valence-corrected chi connectivity index (χ3v) is 2.72. The van der Waals surface area contributed by atoms with Gasteiger partial charge in [-0.1, -0.05) is 6.07 Å². The van der Waals surface area contributed by atoms with Crippen molar-refractivity contribution in [2.24, 2.45) is 0 Å². The molecule has 0 atom stereocenters. The SMILES string of the molecule is Cc1ccc(CN(C)C(=O)c2cccc(C(=O)O)n2)o1. The van der Waals surface area contributed by atoms with Gasteiger partial charge in [-0.05, 0) is 31.2 Å². The number of nitrogens with zero attached hydrogens (tertiary/aromatic N) is 2. The number of hydrogen-bond donors (Lipinski definition) is 1. The first-order valence-electron chi connectivity index (χ1n) is 5.98. The number of rotatable bonds is 4. The van der Waals surface area contributed by atoms with Crippen molar-refractivity contribution in [1.29, 1.82) is 0 Å². The van der Waals surface area contributed by atoms with Crippen LogP contribution in [0.25, 0.3) is 0 Å². The van der Waals surface area contributed by atoms with Crippen LogP contribution in [0, 0.1) is 6.92 Å². The molecule has 0 saturated carbocycles. The summed E-state index contributed by atoms with van der Waals surface area (Å²) in [5.74, 6) is -0.0919. The summed E-state index contributed by atoms with van der Waals surface area (Å²) in [6.45, 7) is 2.12. The van der Waals surface area contributed by atoms with Gasteiger partial charge < -0.3 is 14.4 Å². The fourth-order valence-corrected chi connectivity index (χ4v) is 1.74. The lowest BCUT2D eigenvalue weighted by Crippen LogP contribution is -2.27. The molecular formula is C14H14N2O4. The maximum atomic E-state index is 12.2. The van der Waals surface area contributed by atoms with Gasteiger partial charge in [0, 0.05) is 7.05 Å². The van der Waals surface area contributed by atoms with E-state index in [2.05, 4.69) is 4.98 Å². The normalized spacial score (nSPS) is 10.3. The van der Waals surface area contributed by atoms with Crippen molar-refractivity contribution in [1.82, 2.24) is 9.88 Å².